The van der Waals surface area contributed by atoms with E-state index in [2.05, 4.69) is 12.2 Å². The lowest BCUT2D eigenvalue weighted by molar-refractivity contribution is 0.129. The third-order valence-electron chi connectivity index (χ3n) is 2.91. The van der Waals surface area contributed by atoms with Gasteiger partial charge in [-0.05, 0) is 44.0 Å². The molecule has 1 aromatic carbocycles. The lowest BCUT2D eigenvalue weighted by Crippen LogP contribution is -2.16. The van der Waals surface area contributed by atoms with Gasteiger partial charge in [-0.25, -0.2) is 0 Å². The van der Waals surface area contributed by atoms with Crippen molar-refractivity contribution in [2.75, 3.05) is 26.4 Å². The van der Waals surface area contributed by atoms with Gasteiger partial charge in [-0.15, -0.1) is 12.4 Å². The Labute approximate surface area is 139 Å². The van der Waals surface area contributed by atoms with Crippen molar-refractivity contribution in [1.29, 1.82) is 0 Å². The Morgan fingerprint density at radius 1 is 1.14 bits per heavy atom. The van der Waals surface area contributed by atoms with E-state index in [1.54, 1.807) is 0 Å². The molecule has 0 spiro atoms. The molecule has 122 valence electrons. The van der Waals surface area contributed by atoms with E-state index < -0.39 is 0 Å². The molecule has 0 bridgehead atoms. The standard InChI is InChI=1S/C16H26ClNO2.ClH/c1-3-5-10-19-11-6-9-18-13-14-7-8-16(20-4-2)15(17)12-14;/h7-8,12,18H,3-6,9-11,13H2,1-2H3;1H. The Morgan fingerprint density at radius 3 is 2.57 bits per heavy atom. The molecule has 0 aliphatic rings. The van der Waals surface area contributed by atoms with Crippen LogP contribution in [0, 0.1) is 0 Å². The van der Waals surface area contributed by atoms with Crippen LogP contribution in [-0.4, -0.2) is 26.4 Å². The lowest BCUT2D eigenvalue weighted by Gasteiger charge is -2.09. The number of halogens is 2. The van der Waals surface area contributed by atoms with Crippen LogP contribution >= 0.6 is 24.0 Å². The number of hydrogen-bond donors (Lipinski definition) is 1. The Kier molecular flexibility index (Phi) is 12.9. The Morgan fingerprint density at radius 2 is 1.90 bits per heavy atom. The molecule has 21 heavy (non-hydrogen) atoms. The fraction of sp³-hybridized carbons (Fsp3) is 0.625. The van der Waals surface area contributed by atoms with Crippen molar-refractivity contribution in [2.45, 2.75) is 39.7 Å². The van der Waals surface area contributed by atoms with Crippen molar-refractivity contribution in [3.63, 3.8) is 0 Å². The molecular weight excluding hydrogens is 309 g/mol. The van der Waals surface area contributed by atoms with Gasteiger partial charge in [0.15, 0.2) is 0 Å². The van der Waals surface area contributed by atoms with E-state index in [1.165, 1.54) is 12.0 Å². The predicted molar refractivity (Wildman–Crippen MR) is 91.9 cm³/mol. The monoisotopic (exact) mass is 335 g/mol. The van der Waals surface area contributed by atoms with E-state index in [0.29, 0.717) is 11.6 Å². The molecule has 0 atom stereocenters. The first kappa shape index (κ1) is 20.5. The highest BCUT2D eigenvalue weighted by Gasteiger charge is 2.02. The van der Waals surface area contributed by atoms with Crippen LogP contribution in [0.1, 0.15) is 38.7 Å². The third kappa shape index (κ3) is 9.20. The molecule has 0 aliphatic heterocycles. The minimum Gasteiger partial charge on any atom is -0.492 e. The average molecular weight is 336 g/mol. The summed E-state index contributed by atoms with van der Waals surface area (Å²) in [5.41, 5.74) is 1.17. The SMILES string of the molecule is CCCCOCCCNCc1ccc(OCC)c(Cl)c1.Cl. The first-order valence-electron chi connectivity index (χ1n) is 7.47. The van der Waals surface area contributed by atoms with Crippen LogP contribution in [0.15, 0.2) is 18.2 Å². The molecule has 0 radical (unpaired) electrons. The van der Waals surface area contributed by atoms with Gasteiger partial charge in [-0.3, -0.25) is 0 Å². The number of ether oxygens (including phenoxy) is 2. The molecule has 0 aromatic heterocycles. The van der Waals surface area contributed by atoms with Crippen molar-refractivity contribution < 1.29 is 9.47 Å². The summed E-state index contributed by atoms with van der Waals surface area (Å²) in [5.74, 6) is 0.752. The van der Waals surface area contributed by atoms with Crippen molar-refractivity contribution >= 4 is 24.0 Å². The molecule has 1 aromatic rings. The van der Waals surface area contributed by atoms with Gasteiger partial charge in [0.2, 0.25) is 0 Å². The minimum absolute atomic E-state index is 0. The van der Waals surface area contributed by atoms with Gasteiger partial charge in [0.1, 0.15) is 5.75 Å². The van der Waals surface area contributed by atoms with Gasteiger partial charge < -0.3 is 14.8 Å². The van der Waals surface area contributed by atoms with Gasteiger partial charge in [-0.1, -0.05) is 31.0 Å². The highest BCUT2D eigenvalue weighted by atomic mass is 35.5. The first-order valence-corrected chi connectivity index (χ1v) is 7.85. The summed E-state index contributed by atoms with van der Waals surface area (Å²) >= 11 is 6.15. The topological polar surface area (TPSA) is 30.5 Å². The molecule has 1 rings (SSSR count). The van der Waals surface area contributed by atoms with E-state index in [9.17, 15) is 0 Å². The second-order valence-electron chi connectivity index (χ2n) is 4.69. The lowest BCUT2D eigenvalue weighted by atomic mass is 10.2. The highest BCUT2D eigenvalue weighted by molar-refractivity contribution is 6.32. The Balaban J connectivity index is 0.00000400. The van der Waals surface area contributed by atoms with Crippen LogP contribution in [0.5, 0.6) is 5.75 Å². The summed E-state index contributed by atoms with van der Waals surface area (Å²) in [6.07, 6.45) is 3.38. The molecule has 0 heterocycles. The summed E-state index contributed by atoms with van der Waals surface area (Å²) < 4.78 is 10.9. The van der Waals surface area contributed by atoms with Crippen molar-refractivity contribution in [1.82, 2.24) is 5.32 Å². The van der Waals surface area contributed by atoms with Crippen molar-refractivity contribution in [3.8, 4) is 5.75 Å². The largest absolute Gasteiger partial charge is 0.492 e. The molecule has 0 unspecified atom stereocenters. The summed E-state index contributed by atoms with van der Waals surface area (Å²) in [4.78, 5) is 0. The van der Waals surface area contributed by atoms with Gasteiger partial charge in [0, 0.05) is 19.8 Å². The van der Waals surface area contributed by atoms with Crippen LogP contribution in [0.3, 0.4) is 0 Å². The molecule has 1 N–H and O–H groups in total. The molecule has 0 aliphatic carbocycles. The normalized spacial score (nSPS) is 10.2. The summed E-state index contributed by atoms with van der Waals surface area (Å²) in [7, 11) is 0. The molecule has 0 saturated carbocycles. The summed E-state index contributed by atoms with van der Waals surface area (Å²) in [5, 5.41) is 4.07. The second kappa shape index (κ2) is 13.2. The predicted octanol–water partition coefficient (Wildman–Crippen LogP) is 4.46. The minimum atomic E-state index is 0. The maximum Gasteiger partial charge on any atom is 0.137 e. The van der Waals surface area contributed by atoms with E-state index in [-0.39, 0.29) is 12.4 Å². The molecule has 0 fully saturated rings. The zero-order valence-corrected chi connectivity index (χ0v) is 14.6. The van der Waals surface area contributed by atoms with E-state index in [0.717, 1.165) is 44.9 Å². The van der Waals surface area contributed by atoms with Crippen molar-refractivity contribution in [3.05, 3.63) is 28.8 Å². The first-order chi connectivity index (χ1) is 9.77. The maximum atomic E-state index is 6.15. The van der Waals surface area contributed by atoms with Crippen LogP contribution in [0.4, 0.5) is 0 Å². The molecule has 5 heteroatoms. The van der Waals surface area contributed by atoms with Crippen LogP contribution < -0.4 is 10.1 Å². The molecule has 0 amide bonds. The second-order valence-corrected chi connectivity index (χ2v) is 5.10. The Hall–Kier alpha value is -0.480. The highest BCUT2D eigenvalue weighted by Crippen LogP contribution is 2.25. The fourth-order valence-electron chi connectivity index (χ4n) is 1.81. The quantitative estimate of drug-likeness (QED) is 0.605. The number of rotatable bonds is 11. The Bertz CT molecular complexity index is 375. The molecular formula is C16H27Cl2NO2. The number of hydrogen-bond acceptors (Lipinski definition) is 3. The molecule has 3 nitrogen and oxygen atoms in total. The van der Waals surface area contributed by atoms with Gasteiger partial charge in [-0.2, -0.15) is 0 Å². The zero-order chi connectivity index (χ0) is 14.6. The van der Waals surface area contributed by atoms with E-state index in [4.69, 9.17) is 21.1 Å². The maximum absolute atomic E-state index is 6.15. The smallest absolute Gasteiger partial charge is 0.137 e. The van der Waals surface area contributed by atoms with Crippen LogP contribution in [0.2, 0.25) is 5.02 Å². The number of benzene rings is 1. The van der Waals surface area contributed by atoms with Gasteiger partial charge in [0.05, 0.1) is 11.6 Å². The fourth-order valence-corrected chi connectivity index (χ4v) is 2.06. The van der Waals surface area contributed by atoms with Crippen LogP contribution in [0.25, 0.3) is 0 Å². The number of unbranched alkanes of at least 4 members (excludes halogenated alkanes) is 1. The summed E-state index contributed by atoms with van der Waals surface area (Å²) in [6, 6.07) is 5.93. The zero-order valence-electron chi connectivity index (χ0n) is 13.0. The van der Waals surface area contributed by atoms with Gasteiger partial charge >= 0.3 is 0 Å². The summed E-state index contributed by atoms with van der Waals surface area (Å²) in [6.45, 7) is 8.25. The third-order valence-corrected chi connectivity index (χ3v) is 3.21. The number of nitrogens with one attached hydrogen (secondary N) is 1. The van der Waals surface area contributed by atoms with E-state index >= 15 is 0 Å². The molecule has 0 saturated heterocycles. The van der Waals surface area contributed by atoms with Gasteiger partial charge in [0.25, 0.3) is 0 Å². The average Bonchev–Trinajstić information content (AvgIpc) is 2.45. The van der Waals surface area contributed by atoms with Crippen LogP contribution in [-0.2, 0) is 11.3 Å². The van der Waals surface area contributed by atoms with Crippen molar-refractivity contribution in [2.24, 2.45) is 0 Å². The van der Waals surface area contributed by atoms with E-state index in [1.807, 2.05) is 25.1 Å².